The normalized spacial score (nSPS) is 30.1. The lowest BCUT2D eigenvalue weighted by atomic mass is 9.73. The topological polar surface area (TPSA) is 115 Å². The van der Waals surface area contributed by atoms with Crippen LogP contribution in [0.4, 0.5) is 17.5 Å². The van der Waals surface area contributed by atoms with Gasteiger partial charge >= 0.3 is 0 Å². The second kappa shape index (κ2) is 8.47. The van der Waals surface area contributed by atoms with Gasteiger partial charge < -0.3 is 15.7 Å². The van der Waals surface area contributed by atoms with Crippen molar-refractivity contribution in [3.8, 4) is 6.07 Å². The lowest BCUT2D eigenvalue weighted by molar-refractivity contribution is -0.0283. The molecule has 2 aliphatic rings. The fraction of sp³-hybridized carbons (Fsp3) is 0.560. The van der Waals surface area contributed by atoms with Crippen LogP contribution in [-0.2, 0) is 10.3 Å². The minimum absolute atomic E-state index is 0.117. The van der Waals surface area contributed by atoms with Gasteiger partial charge in [-0.2, -0.15) is 10.2 Å². The first-order valence-electron chi connectivity index (χ1n) is 11.7. The van der Waals surface area contributed by atoms with Crippen LogP contribution < -0.4 is 16.1 Å². The minimum atomic E-state index is -0.722. The Balaban J connectivity index is 1.51. The van der Waals surface area contributed by atoms with Crippen LogP contribution in [0.3, 0.4) is 0 Å². The lowest BCUT2D eigenvalue weighted by Crippen LogP contribution is -2.51. The average molecular weight is 451 g/mol. The monoisotopic (exact) mass is 450 g/mol. The number of fused-ring (bicyclic) bond motifs is 1. The number of nitriles is 1. The van der Waals surface area contributed by atoms with Crippen LogP contribution in [0.25, 0.3) is 0 Å². The van der Waals surface area contributed by atoms with E-state index < -0.39 is 5.72 Å². The van der Waals surface area contributed by atoms with Crippen molar-refractivity contribution in [2.45, 2.75) is 83.6 Å². The molecule has 1 unspecified atom stereocenters. The third-order valence-corrected chi connectivity index (χ3v) is 7.71. The molecule has 8 heteroatoms. The van der Waals surface area contributed by atoms with E-state index >= 15 is 0 Å². The Morgan fingerprint density at radius 1 is 1.24 bits per heavy atom. The summed E-state index contributed by atoms with van der Waals surface area (Å²) in [6, 6.07) is 10.5. The highest BCUT2D eigenvalue weighted by molar-refractivity contribution is 5.63. The van der Waals surface area contributed by atoms with Gasteiger partial charge in [0.25, 0.3) is 0 Å². The molecule has 1 saturated carbocycles. The molecule has 0 saturated heterocycles. The SMILES string of the molecule is CC[C@]1(C)c2ccccc2NC1(C)ONc1ncc(C#N)c(N[C@@H]2CC[C@H](O)C(C)(C)C2)n1. The summed E-state index contributed by atoms with van der Waals surface area (Å²) in [4.78, 5) is 15.0. The van der Waals surface area contributed by atoms with Gasteiger partial charge in [-0.3, -0.25) is 0 Å². The molecule has 4 N–H and O–H groups in total. The first-order valence-corrected chi connectivity index (χ1v) is 11.7. The highest BCUT2D eigenvalue weighted by atomic mass is 16.7. The van der Waals surface area contributed by atoms with E-state index in [9.17, 15) is 10.4 Å². The largest absolute Gasteiger partial charge is 0.393 e. The zero-order valence-electron chi connectivity index (χ0n) is 20.1. The van der Waals surface area contributed by atoms with Crippen LogP contribution in [0, 0.1) is 16.7 Å². The number of aliphatic hydroxyl groups excluding tert-OH is 1. The van der Waals surface area contributed by atoms with Crippen molar-refractivity contribution in [3.05, 3.63) is 41.6 Å². The summed E-state index contributed by atoms with van der Waals surface area (Å²) in [5, 5.41) is 26.7. The van der Waals surface area contributed by atoms with Gasteiger partial charge in [-0.1, -0.05) is 45.9 Å². The third-order valence-electron chi connectivity index (χ3n) is 7.71. The van der Waals surface area contributed by atoms with E-state index in [2.05, 4.69) is 72.0 Å². The van der Waals surface area contributed by atoms with Crippen molar-refractivity contribution in [2.75, 3.05) is 16.1 Å². The first kappa shape index (κ1) is 23.3. The molecule has 176 valence electrons. The number of rotatable bonds is 6. The number of hydrogen-bond donors (Lipinski definition) is 4. The maximum Gasteiger partial charge on any atom is 0.249 e. The maximum atomic E-state index is 10.3. The molecule has 2 heterocycles. The molecule has 1 aliphatic carbocycles. The number of nitrogens with zero attached hydrogens (tertiary/aromatic N) is 3. The summed E-state index contributed by atoms with van der Waals surface area (Å²) < 4.78 is 0. The summed E-state index contributed by atoms with van der Waals surface area (Å²) in [6.45, 7) is 10.5. The average Bonchev–Trinajstić information content (AvgIpc) is 3.02. The number of anilines is 3. The predicted molar refractivity (Wildman–Crippen MR) is 129 cm³/mol. The Morgan fingerprint density at radius 3 is 2.70 bits per heavy atom. The van der Waals surface area contributed by atoms with Crippen LogP contribution in [-0.4, -0.2) is 32.9 Å². The minimum Gasteiger partial charge on any atom is -0.393 e. The van der Waals surface area contributed by atoms with E-state index in [0.717, 1.165) is 24.9 Å². The van der Waals surface area contributed by atoms with Gasteiger partial charge in [-0.05, 0) is 49.7 Å². The van der Waals surface area contributed by atoms with Gasteiger partial charge in [0.1, 0.15) is 17.5 Å². The molecule has 4 rings (SSSR count). The zero-order valence-corrected chi connectivity index (χ0v) is 20.1. The molecule has 1 fully saturated rings. The number of nitrogens with one attached hydrogen (secondary N) is 3. The highest BCUT2D eigenvalue weighted by Crippen LogP contribution is 2.49. The van der Waals surface area contributed by atoms with E-state index in [-0.39, 0.29) is 28.9 Å². The molecular formula is C25H34N6O2. The van der Waals surface area contributed by atoms with Crippen LogP contribution in [0.5, 0.6) is 0 Å². The molecule has 4 atom stereocenters. The van der Waals surface area contributed by atoms with Crippen molar-refractivity contribution < 1.29 is 9.94 Å². The molecule has 8 nitrogen and oxygen atoms in total. The molecule has 1 aromatic heterocycles. The fourth-order valence-corrected chi connectivity index (χ4v) is 5.10. The molecule has 0 radical (unpaired) electrons. The molecular weight excluding hydrogens is 416 g/mol. The van der Waals surface area contributed by atoms with Crippen molar-refractivity contribution >= 4 is 17.5 Å². The maximum absolute atomic E-state index is 10.3. The summed E-state index contributed by atoms with van der Waals surface area (Å²) in [5.74, 6) is 0.755. The van der Waals surface area contributed by atoms with Gasteiger partial charge in [0.05, 0.1) is 12.3 Å². The van der Waals surface area contributed by atoms with Crippen LogP contribution in [0.1, 0.15) is 71.4 Å². The molecule has 1 aliphatic heterocycles. The molecule has 1 aromatic carbocycles. The van der Waals surface area contributed by atoms with E-state index in [1.165, 1.54) is 11.8 Å². The number of aromatic nitrogens is 2. The van der Waals surface area contributed by atoms with Gasteiger partial charge in [-0.15, -0.1) is 0 Å². The Morgan fingerprint density at radius 2 is 2.00 bits per heavy atom. The fourth-order valence-electron chi connectivity index (χ4n) is 5.10. The second-order valence-corrected chi connectivity index (χ2v) is 10.3. The highest BCUT2D eigenvalue weighted by Gasteiger charge is 2.52. The smallest absolute Gasteiger partial charge is 0.249 e. The Bertz CT molecular complexity index is 1070. The van der Waals surface area contributed by atoms with E-state index in [0.29, 0.717) is 17.8 Å². The standard InChI is InChI=1S/C25H34N6O2/c1-6-24(4)18-9-7-8-10-19(18)30-25(24,5)33-31-22-27-15-16(14-26)21(29-22)28-17-11-12-20(32)23(2,3)13-17/h7-10,15,17,20,30,32H,6,11-13H2,1-5H3,(H2,27,28,29,31)/t17-,20+,24-,25?/m1/s1. The Hall–Kier alpha value is -2.89. The molecule has 0 amide bonds. The van der Waals surface area contributed by atoms with Gasteiger partial charge in [-0.25, -0.2) is 15.3 Å². The second-order valence-electron chi connectivity index (χ2n) is 10.3. The summed E-state index contributed by atoms with van der Waals surface area (Å²) in [5.41, 5.74) is 4.39. The predicted octanol–water partition coefficient (Wildman–Crippen LogP) is 4.55. The lowest BCUT2D eigenvalue weighted by Gasteiger charge is -2.40. The van der Waals surface area contributed by atoms with Gasteiger partial charge in [0.2, 0.25) is 5.95 Å². The van der Waals surface area contributed by atoms with E-state index in [1.54, 1.807) is 0 Å². The summed E-state index contributed by atoms with van der Waals surface area (Å²) >= 11 is 0. The van der Waals surface area contributed by atoms with Crippen molar-refractivity contribution in [3.63, 3.8) is 0 Å². The van der Waals surface area contributed by atoms with Crippen LogP contribution in [0.2, 0.25) is 0 Å². The Kier molecular flexibility index (Phi) is 5.97. The number of aliphatic hydroxyl groups is 1. The summed E-state index contributed by atoms with van der Waals surface area (Å²) in [6.07, 6.45) is 4.37. The zero-order chi connectivity index (χ0) is 23.9. The molecule has 33 heavy (non-hydrogen) atoms. The first-order chi connectivity index (χ1) is 15.6. The Labute approximate surface area is 195 Å². The number of benzene rings is 1. The van der Waals surface area contributed by atoms with Crippen molar-refractivity contribution in [2.24, 2.45) is 5.41 Å². The van der Waals surface area contributed by atoms with E-state index in [1.807, 2.05) is 19.1 Å². The number of hydrogen-bond acceptors (Lipinski definition) is 8. The molecule has 0 spiro atoms. The quantitative estimate of drug-likeness (QED) is 0.474. The van der Waals surface area contributed by atoms with Gasteiger partial charge in [0.15, 0.2) is 5.72 Å². The number of para-hydroxylation sites is 1. The van der Waals surface area contributed by atoms with Crippen molar-refractivity contribution in [1.82, 2.24) is 9.97 Å². The van der Waals surface area contributed by atoms with Crippen LogP contribution >= 0.6 is 0 Å². The van der Waals surface area contributed by atoms with Crippen LogP contribution in [0.15, 0.2) is 30.5 Å². The van der Waals surface area contributed by atoms with Gasteiger partial charge in [0, 0.05) is 17.1 Å². The van der Waals surface area contributed by atoms with Crippen molar-refractivity contribution in [1.29, 1.82) is 5.26 Å². The molecule has 2 aromatic rings. The van der Waals surface area contributed by atoms with E-state index in [4.69, 9.17) is 4.84 Å². The molecule has 0 bridgehead atoms. The summed E-state index contributed by atoms with van der Waals surface area (Å²) in [7, 11) is 0. The third kappa shape index (κ3) is 4.11.